The van der Waals surface area contributed by atoms with E-state index in [0.717, 1.165) is 22.4 Å². The molecule has 0 saturated heterocycles. The third-order valence-corrected chi connectivity index (χ3v) is 4.04. The molecule has 0 N–H and O–H groups in total. The highest BCUT2D eigenvalue weighted by Crippen LogP contribution is 2.25. The fourth-order valence-electron chi connectivity index (χ4n) is 2.46. The maximum atomic E-state index is 12.3. The van der Waals surface area contributed by atoms with Crippen molar-refractivity contribution in [3.63, 3.8) is 0 Å². The predicted octanol–water partition coefficient (Wildman–Crippen LogP) is 3.96. The van der Waals surface area contributed by atoms with Crippen molar-refractivity contribution in [3.8, 4) is 5.75 Å². The van der Waals surface area contributed by atoms with Crippen molar-refractivity contribution in [2.75, 3.05) is 13.2 Å². The van der Waals surface area contributed by atoms with Crippen LogP contribution in [0, 0.1) is 0 Å². The predicted molar refractivity (Wildman–Crippen MR) is 88.5 cm³/mol. The van der Waals surface area contributed by atoms with Crippen LogP contribution in [0.1, 0.15) is 16.7 Å². The Morgan fingerprint density at radius 2 is 2.00 bits per heavy atom. The maximum absolute atomic E-state index is 12.3. The van der Waals surface area contributed by atoms with Crippen LogP contribution in [0.3, 0.4) is 0 Å². The van der Waals surface area contributed by atoms with Crippen molar-refractivity contribution >= 4 is 17.7 Å². The monoisotopic (exact) mass is 331 g/mol. The van der Waals surface area contributed by atoms with Crippen molar-refractivity contribution in [2.45, 2.75) is 19.0 Å². The molecule has 1 aliphatic heterocycles. The molecule has 0 unspecified atom stereocenters. The number of hydrogen-bond acceptors (Lipinski definition) is 3. The number of nitrogens with zero attached hydrogens (tertiary/aromatic N) is 1. The van der Waals surface area contributed by atoms with Crippen LogP contribution < -0.4 is 4.74 Å². The first-order valence-corrected chi connectivity index (χ1v) is 8.06. The largest absolute Gasteiger partial charge is 0.491 e. The number of carbonyl (C=O) groups excluding carboxylic acids is 1. The van der Waals surface area contributed by atoms with Gasteiger partial charge in [-0.1, -0.05) is 42.5 Å². The molecule has 5 heteroatoms. The number of fused-ring (bicyclic) bond motifs is 1. The van der Waals surface area contributed by atoms with Crippen molar-refractivity contribution < 1.29 is 14.3 Å². The van der Waals surface area contributed by atoms with E-state index in [2.05, 4.69) is 0 Å². The van der Waals surface area contributed by atoms with Gasteiger partial charge in [0.05, 0.1) is 13.1 Å². The molecule has 1 aliphatic rings. The summed E-state index contributed by atoms with van der Waals surface area (Å²) in [7, 11) is 0. The first-order valence-electron chi connectivity index (χ1n) is 7.52. The van der Waals surface area contributed by atoms with Gasteiger partial charge in [0.25, 0.3) is 0 Å². The summed E-state index contributed by atoms with van der Waals surface area (Å²) in [5, 5.41) is 0. The second kappa shape index (κ2) is 7.38. The molecule has 4 nitrogen and oxygen atoms in total. The lowest BCUT2D eigenvalue weighted by atomic mass is 10.1. The normalized spacial score (nSPS) is 13.7. The highest BCUT2D eigenvalue weighted by Gasteiger charge is 2.21. The lowest BCUT2D eigenvalue weighted by Crippen LogP contribution is -2.32. The SMILES string of the molecule is O=C(OCc1ccccc1)N1CCOc2cc(CCl)ccc2C1. The summed E-state index contributed by atoms with van der Waals surface area (Å²) >= 11 is 5.85. The Morgan fingerprint density at radius 3 is 2.78 bits per heavy atom. The second-order valence-corrected chi connectivity index (χ2v) is 5.65. The standard InChI is InChI=1S/C18H18ClNO3/c19-11-15-6-7-16-12-20(8-9-22-17(16)10-15)18(21)23-13-14-4-2-1-3-5-14/h1-7,10H,8-9,11-13H2. The van der Waals surface area contributed by atoms with Gasteiger partial charge in [-0.05, 0) is 17.2 Å². The molecule has 23 heavy (non-hydrogen) atoms. The average molecular weight is 332 g/mol. The third kappa shape index (κ3) is 3.96. The van der Waals surface area contributed by atoms with Gasteiger partial charge in [0.2, 0.25) is 0 Å². The van der Waals surface area contributed by atoms with Crippen molar-refractivity contribution in [1.82, 2.24) is 4.90 Å². The molecule has 0 atom stereocenters. The first kappa shape index (κ1) is 15.7. The topological polar surface area (TPSA) is 38.8 Å². The minimum Gasteiger partial charge on any atom is -0.491 e. The molecule has 0 aromatic heterocycles. The number of carbonyl (C=O) groups is 1. The zero-order valence-corrected chi connectivity index (χ0v) is 13.5. The van der Waals surface area contributed by atoms with Crippen molar-refractivity contribution in [3.05, 3.63) is 65.2 Å². The Balaban J connectivity index is 1.64. The molecule has 0 fully saturated rings. The summed E-state index contributed by atoms with van der Waals surface area (Å²) in [6.07, 6.45) is -0.327. The number of halogens is 1. The Labute approximate surface area is 140 Å². The van der Waals surface area contributed by atoms with E-state index in [4.69, 9.17) is 21.1 Å². The highest BCUT2D eigenvalue weighted by molar-refractivity contribution is 6.17. The molecule has 1 heterocycles. The summed E-state index contributed by atoms with van der Waals surface area (Å²) in [6.45, 7) is 1.69. The lowest BCUT2D eigenvalue weighted by molar-refractivity contribution is 0.0913. The van der Waals surface area contributed by atoms with Gasteiger partial charge in [-0.3, -0.25) is 0 Å². The summed E-state index contributed by atoms with van der Waals surface area (Å²) in [5.41, 5.74) is 2.94. The molecule has 0 saturated carbocycles. The van der Waals surface area contributed by atoms with Crippen LogP contribution in [-0.4, -0.2) is 24.1 Å². The quantitative estimate of drug-likeness (QED) is 0.799. The molecule has 2 aromatic carbocycles. The minimum absolute atomic E-state index is 0.273. The number of alkyl halides is 1. The fourth-order valence-corrected chi connectivity index (χ4v) is 2.63. The van der Waals surface area contributed by atoms with Crippen LogP contribution in [0.15, 0.2) is 48.5 Å². The van der Waals surface area contributed by atoms with E-state index in [1.165, 1.54) is 0 Å². The van der Waals surface area contributed by atoms with Crippen molar-refractivity contribution in [1.29, 1.82) is 0 Å². The van der Waals surface area contributed by atoms with Crippen LogP contribution in [0.25, 0.3) is 0 Å². The molecule has 120 valence electrons. The van der Waals surface area contributed by atoms with Gasteiger partial charge in [-0.2, -0.15) is 0 Å². The van der Waals surface area contributed by atoms with Gasteiger partial charge < -0.3 is 14.4 Å². The smallest absolute Gasteiger partial charge is 0.410 e. The Kier molecular flexibility index (Phi) is 5.03. The van der Waals surface area contributed by atoms with E-state index in [1.807, 2.05) is 48.5 Å². The number of amides is 1. The molecule has 0 spiro atoms. The maximum Gasteiger partial charge on any atom is 0.410 e. The summed E-state index contributed by atoms with van der Waals surface area (Å²) in [4.78, 5) is 13.9. The molecular formula is C18H18ClNO3. The number of benzene rings is 2. The van der Waals surface area contributed by atoms with E-state index in [9.17, 15) is 4.79 Å². The summed E-state index contributed by atoms with van der Waals surface area (Å²) < 4.78 is 11.1. The minimum atomic E-state index is -0.327. The van der Waals surface area contributed by atoms with Gasteiger partial charge in [0, 0.05) is 11.4 Å². The van der Waals surface area contributed by atoms with E-state index in [0.29, 0.717) is 25.6 Å². The van der Waals surface area contributed by atoms with Crippen LogP contribution in [-0.2, 0) is 23.8 Å². The molecule has 0 aliphatic carbocycles. The summed E-state index contributed by atoms with van der Waals surface area (Å²) in [5.74, 6) is 1.24. The zero-order chi connectivity index (χ0) is 16.1. The highest BCUT2D eigenvalue weighted by atomic mass is 35.5. The molecule has 1 amide bonds. The number of hydrogen-bond donors (Lipinski definition) is 0. The molecule has 3 rings (SSSR count). The van der Waals surface area contributed by atoms with Crippen LogP contribution in [0.5, 0.6) is 5.75 Å². The van der Waals surface area contributed by atoms with Gasteiger partial charge in [-0.15, -0.1) is 11.6 Å². The van der Waals surface area contributed by atoms with E-state index >= 15 is 0 Å². The first-order chi connectivity index (χ1) is 11.3. The van der Waals surface area contributed by atoms with E-state index < -0.39 is 0 Å². The van der Waals surface area contributed by atoms with Crippen LogP contribution in [0.4, 0.5) is 4.79 Å². The number of rotatable bonds is 3. The fraction of sp³-hybridized carbons (Fsp3) is 0.278. The third-order valence-electron chi connectivity index (χ3n) is 3.73. The Morgan fingerprint density at radius 1 is 1.17 bits per heavy atom. The molecular weight excluding hydrogens is 314 g/mol. The van der Waals surface area contributed by atoms with Gasteiger partial charge >= 0.3 is 6.09 Å². The van der Waals surface area contributed by atoms with Crippen LogP contribution >= 0.6 is 11.6 Å². The Bertz CT molecular complexity index is 675. The van der Waals surface area contributed by atoms with E-state index in [-0.39, 0.29) is 12.7 Å². The van der Waals surface area contributed by atoms with E-state index in [1.54, 1.807) is 4.90 Å². The molecule has 0 bridgehead atoms. The molecule has 0 radical (unpaired) electrons. The second-order valence-electron chi connectivity index (χ2n) is 5.39. The van der Waals surface area contributed by atoms with Crippen LogP contribution in [0.2, 0.25) is 0 Å². The Hall–Kier alpha value is -2.20. The lowest BCUT2D eigenvalue weighted by Gasteiger charge is -2.19. The van der Waals surface area contributed by atoms with Gasteiger partial charge in [-0.25, -0.2) is 4.79 Å². The van der Waals surface area contributed by atoms with Crippen molar-refractivity contribution in [2.24, 2.45) is 0 Å². The van der Waals surface area contributed by atoms with Gasteiger partial charge in [0.1, 0.15) is 19.0 Å². The van der Waals surface area contributed by atoms with Gasteiger partial charge in [0.15, 0.2) is 0 Å². The average Bonchev–Trinajstić information content (AvgIpc) is 2.82. The zero-order valence-electron chi connectivity index (χ0n) is 12.7. The molecule has 2 aromatic rings. The number of ether oxygens (including phenoxy) is 2. The summed E-state index contributed by atoms with van der Waals surface area (Å²) in [6, 6.07) is 15.5.